The molecule has 1 aromatic heterocycles. The number of amides is 2. The molecule has 0 aliphatic carbocycles. The Kier molecular flexibility index (Phi) is 6.75. The van der Waals surface area contributed by atoms with Crippen molar-refractivity contribution < 1.29 is 9.59 Å². The number of benzene rings is 1. The minimum atomic E-state index is -0.200. The first-order valence-electron chi connectivity index (χ1n) is 10.4. The molecule has 7 nitrogen and oxygen atoms in total. The zero-order valence-electron chi connectivity index (χ0n) is 18.5. The Balaban J connectivity index is 1.45. The second-order valence-electron chi connectivity index (χ2n) is 8.87. The number of aromatic nitrogens is 2. The number of anilines is 2. The number of nitrogens with one attached hydrogen (secondary N) is 1. The van der Waals surface area contributed by atoms with Gasteiger partial charge < -0.3 is 15.1 Å². The third-order valence-corrected chi connectivity index (χ3v) is 6.48. The summed E-state index contributed by atoms with van der Waals surface area (Å²) >= 11 is 1.38. The first kappa shape index (κ1) is 22.2. The summed E-state index contributed by atoms with van der Waals surface area (Å²) in [5, 5.41) is 12.3. The number of piperazine rings is 1. The Morgan fingerprint density at radius 2 is 1.77 bits per heavy atom. The number of hydrogen-bond acceptors (Lipinski definition) is 6. The van der Waals surface area contributed by atoms with Crippen molar-refractivity contribution in [1.29, 1.82) is 0 Å². The number of carbonyl (C=O) groups is 2. The molecule has 162 valence electrons. The molecule has 2 amide bonds. The van der Waals surface area contributed by atoms with E-state index in [1.165, 1.54) is 28.2 Å². The largest absolute Gasteiger partial charge is 0.368 e. The molecule has 3 rings (SSSR count). The van der Waals surface area contributed by atoms with Gasteiger partial charge in [-0.2, -0.15) is 0 Å². The van der Waals surface area contributed by atoms with Gasteiger partial charge in [0.2, 0.25) is 16.9 Å². The Morgan fingerprint density at radius 1 is 1.07 bits per heavy atom. The third-order valence-electron chi connectivity index (χ3n) is 5.22. The lowest BCUT2D eigenvalue weighted by atomic mass is 9.98. The van der Waals surface area contributed by atoms with Gasteiger partial charge in [0.25, 0.3) is 0 Å². The minimum absolute atomic E-state index is 0.0263. The Morgan fingerprint density at radius 3 is 2.40 bits per heavy atom. The van der Waals surface area contributed by atoms with E-state index in [-0.39, 0.29) is 30.1 Å². The molecule has 0 unspecified atom stereocenters. The summed E-state index contributed by atoms with van der Waals surface area (Å²) in [5.41, 5.74) is 3.64. The smallest absolute Gasteiger partial charge is 0.226 e. The van der Waals surface area contributed by atoms with Crippen LogP contribution in [0.1, 0.15) is 49.7 Å². The van der Waals surface area contributed by atoms with Crippen molar-refractivity contribution in [1.82, 2.24) is 15.1 Å². The molecule has 1 N–H and O–H groups in total. The summed E-state index contributed by atoms with van der Waals surface area (Å²) in [7, 11) is 0. The normalized spacial score (nSPS) is 14.7. The van der Waals surface area contributed by atoms with Crippen molar-refractivity contribution >= 4 is 34.0 Å². The van der Waals surface area contributed by atoms with Crippen LogP contribution in [0.5, 0.6) is 0 Å². The fourth-order valence-corrected chi connectivity index (χ4v) is 4.21. The van der Waals surface area contributed by atoms with E-state index >= 15 is 0 Å². The fraction of sp³-hybridized carbons (Fsp3) is 0.545. The molecule has 1 saturated heterocycles. The van der Waals surface area contributed by atoms with Crippen molar-refractivity contribution in [3.05, 3.63) is 34.3 Å². The van der Waals surface area contributed by atoms with Crippen LogP contribution in [0.25, 0.3) is 0 Å². The van der Waals surface area contributed by atoms with Crippen molar-refractivity contribution in [3.63, 3.8) is 0 Å². The highest BCUT2D eigenvalue weighted by atomic mass is 32.1. The Labute approximate surface area is 182 Å². The lowest BCUT2D eigenvalue weighted by molar-refractivity contribution is -0.133. The molecule has 30 heavy (non-hydrogen) atoms. The van der Waals surface area contributed by atoms with Crippen LogP contribution in [0.15, 0.2) is 18.2 Å². The summed E-state index contributed by atoms with van der Waals surface area (Å²) < 4.78 is 0. The van der Waals surface area contributed by atoms with Gasteiger partial charge in [-0.3, -0.25) is 9.59 Å². The van der Waals surface area contributed by atoms with Gasteiger partial charge in [0.1, 0.15) is 5.01 Å². The topological polar surface area (TPSA) is 78.4 Å². The van der Waals surface area contributed by atoms with Gasteiger partial charge >= 0.3 is 0 Å². The Hall–Kier alpha value is -2.48. The standard InChI is InChI=1S/C22H31N5O2S/c1-15-6-7-16(2)17(14-15)26-10-12-27(13-11-26)19(29)9-8-18(28)23-21-25-24-20(30-21)22(3,4)5/h6-7,14H,8-13H2,1-5H3,(H,23,25,28). The van der Waals surface area contributed by atoms with E-state index in [0.717, 1.165) is 18.1 Å². The first-order valence-corrected chi connectivity index (χ1v) is 11.2. The summed E-state index contributed by atoms with van der Waals surface area (Å²) in [6.07, 6.45) is 0.362. The molecule has 8 heteroatoms. The maximum Gasteiger partial charge on any atom is 0.226 e. The molecule has 0 spiro atoms. The Bertz CT molecular complexity index is 910. The summed E-state index contributed by atoms with van der Waals surface area (Å²) in [6, 6.07) is 6.47. The molecule has 0 atom stereocenters. The lowest BCUT2D eigenvalue weighted by Gasteiger charge is -2.37. The van der Waals surface area contributed by atoms with Crippen LogP contribution in [0.3, 0.4) is 0 Å². The molecule has 2 aromatic rings. The quantitative estimate of drug-likeness (QED) is 0.787. The molecule has 1 aliphatic rings. The average Bonchev–Trinajstić information content (AvgIpc) is 3.17. The number of rotatable bonds is 5. The summed E-state index contributed by atoms with van der Waals surface area (Å²) in [5.74, 6) is -0.174. The van der Waals surface area contributed by atoms with Gasteiger partial charge in [-0.1, -0.05) is 44.2 Å². The summed E-state index contributed by atoms with van der Waals surface area (Å²) in [4.78, 5) is 29.0. The highest BCUT2D eigenvalue weighted by Gasteiger charge is 2.23. The van der Waals surface area contributed by atoms with Crippen LogP contribution in [0.4, 0.5) is 10.8 Å². The molecule has 2 heterocycles. The average molecular weight is 430 g/mol. The third kappa shape index (κ3) is 5.56. The van der Waals surface area contributed by atoms with E-state index < -0.39 is 0 Å². The zero-order chi connectivity index (χ0) is 21.9. The van der Waals surface area contributed by atoms with Gasteiger partial charge in [0.15, 0.2) is 0 Å². The van der Waals surface area contributed by atoms with E-state index in [0.29, 0.717) is 18.2 Å². The van der Waals surface area contributed by atoms with Gasteiger partial charge in [-0.15, -0.1) is 10.2 Å². The molecular weight excluding hydrogens is 398 g/mol. The maximum atomic E-state index is 12.6. The molecule has 0 saturated carbocycles. The lowest BCUT2D eigenvalue weighted by Crippen LogP contribution is -2.49. The van der Waals surface area contributed by atoms with Gasteiger partial charge in [0.05, 0.1) is 0 Å². The van der Waals surface area contributed by atoms with E-state index in [4.69, 9.17) is 0 Å². The van der Waals surface area contributed by atoms with Crippen molar-refractivity contribution in [2.24, 2.45) is 0 Å². The highest BCUT2D eigenvalue weighted by molar-refractivity contribution is 7.15. The van der Waals surface area contributed by atoms with Crippen molar-refractivity contribution in [2.45, 2.75) is 52.9 Å². The highest BCUT2D eigenvalue weighted by Crippen LogP contribution is 2.28. The van der Waals surface area contributed by atoms with Gasteiger partial charge in [-0.25, -0.2) is 0 Å². The molecule has 1 aliphatic heterocycles. The molecule has 1 aromatic carbocycles. The van der Waals surface area contributed by atoms with Crippen LogP contribution in [-0.2, 0) is 15.0 Å². The number of aryl methyl sites for hydroxylation is 2. The monoisotopic (exact) mass is 429 g/mol. The number of carbonyl (C=O) groups excluding carboxylic acids is 2. The van der Waals surface area contributed by atoms with Gasteiger partial charge in [-0.05, 0) is 31.0 Å². The molecule has 1 fully saturated rings. The second-order valence-corrected chi connectivity index (χ2v) is 9.85. The summed E-state index contributed by atoms with van der Waals surface area (Å²) in [6.45, 7) is 13.4. The van der Waals surface area contributed by atoms with Crippen LogP contribution in [-0.4, -0.2) is 53.1 Å². The van der Waals surface area contributed by atoms with E-state index in [1.54, 1.807) is 0 Å². The second kappa shape index (κ2) is 9.12. The number of nitrogens with zero attached hydrogens (tertiary/aromatic N) is 4. The molecule has 0 radical (unpaired) electrons. The van der Waals surface area contributed by atoms with Crippen LogP contribution < -0.4 is 10.2 Å². The van der Waals surface area contributed by atoms with Crippen LogP contribution in [0.2, 0.25) is 0 Å². The molecule has 0 bridgehead atoms. The minimum Gasteiger partial charge on any atom is -0.368 e. The maximum absolute atomic E-state index is 12.6. The number of hydrogen-bond donors (Lipinski definition) is 1. The SMILES string of the molecule is Cc1ccc(C)c(N2CCN(C(=O)CCC(=O)Nc3nnc(C(C)(C)C)s3)CC2)c1. The zero-order valence-corrected chi connectivity index (χ0v) is 19.3. The van der Waals surface area contributed by atoms with E-state index in [9.17, 15) is 9.59 Å². The van der Waals surface area contributed by atoms with Gasteiger partial charge in [0, 0.05) is 50.1 Å². The molecular formula is C22H31N5O2S. The predicted molar refractivity (Wildman–Crippen MR) is 121 cm³/mol. The predicted octanol–water partition coefficient (Wildman–Crippen LogP) is 3.52. The first-order chi connectivity index (χ1) is 14.1. The fourth-order valence-electron chi connectivity index (χ4n) is 3.39. The van der Waals surface area contributed by atoms with E-state index in [2.05, 4.69) is 73.2 Å². The van der Waals surface area contributed by atoms with Crippen LogP contribution >= 0.6 is 11.3 Å². The van der Waals surface area contributed by atoms with Crippen molar-refractivity contribution in [3.8, 4) is 0 Å². The van der Waals surface area contributed by atoms with Crippen molar-refractivity contribution in [2.75, 3.05) is 36.4 Å². The van der Waals surface area contributed by atoms with E-state index in [1.807, 2.05) is 4.90 Å². The van der Waals surface area contributed by atoms with Crippen LogP contribution in [0, 0.1) is 13.8 Å².